The SMILES string of the molecule is NCC(C(=O)O)c1c(O)cccc1O. The Hall–Kier alpha value is -1.75. The van der Waals surface area contributed by atoms with Gasteiger partial charge in [-0.25, -0.2) is 0 Å². The number of aromatic hydroxyl groups is 2. The number of aliphatic carboxylic acids is 1. The third kappa shape index (κ3) is 1.77. The summed E-state index contributed by atoms with van der Waals surface area (Å²) in [4.78, 5) is 10.7. The van der Waals surface area contributed by atoms with Crippen molar-refractivity contribution in [1.29, 1.82) is 0 Å². The van der Waals surface area contributed by atoms with Crippen LogP contribution in [0.25, 0.3) is 0 Å². The number of hydrogen-bond acceptors (Lipinski definition) is 4. The van der Waals surface area contributed by atoms with Crippen molar-refractivity contribution in [3.63, 3.8) is 0 Å². The van der Waals surface area contributed by atoms with Crippen LogP contribution in [0, 0.1) is 0 Å². The molecule has 0 heterocycles. The number of hydrogen-bond donors (Lipinski definition) is 4. The summed E-state index contributed by atoms with van der Waals surface area (Å²) in [5.74, 6) is -2.79. The van der Waals surface area contributed by atoms with E-state index in [1.54, 1.807) is 0 Å². The van der Waals surface area contributed by atoms with Crippen molar-refractivity contribution >= 4 is 5.97 Å². The van der Waals surface area contributed by atoms with Gasteiger partial charge in [0.1, 0.15) is 17.4 Å². The first-order valence-electron chi connectivity index (χ1n) is 4.01. The molecule has 0 bridgehead atoms. The first-order valence-corrected chi connectivity index (χ1v) is 4.01. The number of benzene rings is 1. The Morgan fingerprint density at radius 2 is 1.86 bits per heavy atom. The lowest BCUT2D eigenvalue weighted by molar-refractivity contribution is -0.138. The fourth-order valence-electron chi connectivity index (χ4n) is 1.24. The highest BCUT2D eigenvalue weighted by Crippen LogP contribution is 2.33. The molecule has 0 aliphatic rings. The van der Waals surface area contributed by atoms with E-state index in [9.17, 15) is 15.0 Å². The van der Waals surface area contributed by atoms with Crippen LogP contribution in [0.4, 0.5) is 0 Å². The molecule has 1 aromatic carbocycles. The van der Waals surface area contributed by atoms with Gasteiger partial charge >= 0.3 is 5.97 Å². The van der Waals surface area contributed by atoms with Crippen LogP contribution in [-0.2, 0) is 4.79 Å². The highest BCUT2D eigenvalue weighted by molar-refractivity contribution is 5.78. The molecule has 1 aromatic rings. The zero-order valence-electron chi connectivity index (χ0n) is 7.34. The molecule has 1 unspecified atom stereocenters. The monoisotopic (exact) mass is 197 g/mol. The maximum Gasteiger partial charge on any atom is 0.312 e. The fraction of sp³-hybridized carbons (Fsp3) is 0.222. The summed E-state index contributed by atoms with van der Waals surface area (Å²) in [5, 5.41) is 27.5. The largest absolute Gasteiger partial charge is 0.508 e. The normalized spacial score (nSPS) is 12.4. The van der Waals surface area contributed by atoms with E-state index in [1.165, 1.54) is 18.2 Å². The highest BCUT2D eigenvalue weighted by Gasteiger charge is 2.24. The van der Waals surface area contributed by atoms with Crippen LogP contribution in [0.2, 0.25) is 0 Å². The van der Waals surface area contributed by atoms with E-state index in [0.717, 1.165) is 0 Å². The van der Waals surface area contributed by atoms with E-state index < -0.39 is 11.9 Å². The van der Waals surface area contributed by atoms with Crippen molar-refractivity contribution in [3.8, 4) is 11.5 Å². The van der Waals surface area contributed by atoms with Gasteiger partial charge in [0.15, 0.2) is 0 Å². The van der Waals surface area contributed by atoms with Crippen LogP contribution in [0.15, 0.2) is 18.2 Å². The van der Waals surface area contributed by atoms with Crippen LogP contribution < -0.4 is 5.73 Å². The third-order valence-electron chi connectivity index (χ3n) is 1.94. The number of carboxylic acids is 1. The van der Waals surface area contributed by atoms with Crippen molar-refractivity contribution in [2.24, 2.45) is 5.73 Å². The Morgan fingerprint density at radius 1 is 1.36 bits per heavy atom. The summed E-state index contributed by atoms with van der Waals surface area (Å²) < 4.78 is 0. The van der Waals surface area contributed by atoms with Crippen molar-refractivity contribution in [2.45, 2.75) is 5.92 Å². The number of carboxylic acid groups (broad SMARTS) is 1. The first kappa shape index (κ1) is 10.3. The first-order chi connectivity index (χ1) is 6.57. The lowest BCUT2D eigenvalue weighted by atomic mass is 9.97. The molecule has 1 rings (SSSR count). The number of rotatable bonds is 3. The van der Waals surface area contributed by atoms with Gasteiger partial charge < -0.3 is 21.1 Å². The molecule has 0 fully saturated rings. The Balaban J connectivity index is 3.22. The van der Waals surface area contributed by atoms with Gasteiger partial charge in [0.05, 0.1) is 5.56 Å². The van der Waals surface area contributed by atoms with Crippen molar-refractivity contribution in [3.05, 3.63) is 23.8 Å². The molecular formula is C9H11NO4. The van der Waals surface area contributed by atoms with E-state index in [1.807, 2.05) is 0 Å². The zero-order valence-corrected chi connectivity index (χ0v) is 7.34. The van der Waals surface area contributed by atoms with E-state index in [2.05, 4.69) is 0 Å². The third-order valence-corrected chi connectivity index (χ3v) is 1.94. The summed E-state index contributed by atoms with van der Waals surface area (Å²) in [6.07, 6.45) is 0. The second kappa shape index (κ2) is 3.97. The molecule has 14 heavy (non-hydrogen) atoms. The molecule has 0 amide bonds. The average molecular weight is 197 g/mol. The summed E-state index contributed by atoms with van der Waals surface area (Å²) in [6.45, 7) is -0.180. The Morgan fingerprint density at radius 3 is 2.21 bits per heavy atom. The maximum absolute atomic E-state index is 10.7. The van der Waals surface area contributed by atoms with Gasteiger partial charge in [-0.1, -0.05) is 6.07 Å². The van der Waals surface area contributed by atoms with Crippen LogP contribution in [-0.4, -0.2) is 27.8 Å². The minimum Gasteiger partial charge on any atom is -0.508 e. The van der Waals surface area contributed by atoms with E-state index in [0.29, 0.717) is 0 Å². The predicted molar refractivity (Wildman–Crippen MR) is 49.2 cm³/mol. The fourth-order valence-corrected chi connectivity index (χ4v) is 1.24. The summed E-state index contributed by atoms with van der Waals surface area (Å²) >= 11 is 0. The van der Waals surface area contributed by atoms with Gasteiger partial charge in [-0.3, -0.25) is 4.79 Å². The van der Waals surface area contributed by atoms with Gasteiger partial charge in [-0.2, -0.15) is 0 Å². The predicted octanol–water partition coefficient (Wildman–Crippen LogP) is 0.225. The number of phenols is 2. The lowest BCUT2D eigenvalue weighted by Gasteiger charge is -2.13. The van der Waals surface area contributed by atoms with Gasteiger partial charge in [0, 0.05) is 6.54 Å². The molecule has 0 aliphatic heterocycles. The summed E-state index contributed by atoms with van der Waals surface area (Å²) in [7, 11) is 0. The van der Waals surface area contributed by atoms with Gasteiger partial charge in [-0.05, 0) is 12.1 Å². The highest BCUT2D eigenvalue weighted by atomic mass is 16.4. The van der Waals surface area contributed by atoms with E-state index in [-0.39, 0.29) is 23.6 Å². The quantitative estimate of drug-likeness (QED) is 0.555. The second-order valence-corrected chi connectivity index (χ2v) is 2.84. The molecular weight excluding hydrogens is 186 g/mol. The molecule has 1 atom stereocenters. The number of carbonyl (C=O) groups is 1. The smallest absolute Gasteiger partial charge is 0.312 e. The van der Waals surface area contributed by atoms with E-state index >= 15 is 0 Å². The van der Waals surface area contributed by atoms with Gasteiger partial charge in [0.25, 0.3) is 0 Å². The van der Waals surface area contributed by atoms with Gasteiger partial charge in [0.2, 0.25) is 0 Å². The van der Waals surface area contributed by atoms with Gasteiger partial charge in [-0.15, -0.1) is 0 Å². The number of phenolic OH excluding ortho intramolecular Hbond substituents is 2. The van der Waals surface area contributed by atoms with Crippen molar-refractivity contribution in [2.75, 3.05) is 6.54 Å². The Bertz CT molecular complexity index is 330. The minimum absolute atomic E-state index is 0.0394. The number of nitrogens with two attached hydrogens (primary N) is 1. The van der Waals surface area contributed by atoms with Crippen LogP contribution >= 0.6 is 0 Å². The van der Waals surface area contributed by atoms with Crippen LogP contribution in [0.5, 0.6) is 11.5 Å². The zero-order chi connectivity index (χ0) is 10.7. The standard InChI is InChI=1S/C9H11NO4/c10-4-5(9(13)14)8-6(11)2-1-3-7(8)12/h1-3,5,11-12H,4,10H2,(H,13,14). The molecule has 76 valence electrons. The summed E-state index contributed by atoms with van der Waals surface area (Å²) in [6, 6.07) is 4.03. The molecule has 0 aliphatic carbocycles. The Labute approximate surface area is 80.4 Å². The molecule has 0 spiro atoms. The van der Waals surface area contributed by atoms with Crippen molar-refractivity contribution in [1.82, 2.24) is 0 Å². The van der Waals surface area contributed by atoms with Crippen molar-refractivity contribution < 1.29 is 20.1 Å². The molecule has 0 radical (unpaired) electrons. The van der Waals surface area contributed by atoms with Crippen LogP contribution in [0.1, 0.15) is 11.5 Å². The summed E-state index contributed by atoms with van der Waals surface area (Å²) in [5.41, 5.74) is 5.20. The van der Waals surface area contributed by atoms with Crippen LogP contribution in [0.3, 0.4) is 0 Å². The second-order valence-electron chi connectivity index (χ2n) is 2.84. The molecule has 5 nitrogen and oxygen atoms in total. The molecule has 0 saturated heterocycles. The molecule has 0 saturated carbocycles. The molecule has 5 heteroatoms. The minimum atomic E-state index is -1.18. The topological polar surface area (TPSA) is 104 Å². The lowest BCUT2D eigenvalue weighted by Crippen LogP contribution is -2.21. The molecule has 5 N–H and O–H groups in total. The maximum atomic E-state index is 10.7. The average Bonchev–Trinajstić information content (AvgIpc) is 2.10. The Kier molecular flexibility index (Phi) is 2.93. The molecule has 0 aromatic heterocycles. The van der Waals surface area contributed by atoms with E-state index in [4.69, 9.17) is 10.8 Å².